The van der Waals surface area contributed by atoms with Crippen LogP contribution in [0.5, 0.6) is 5.75 Å². The minimum absolute atomic E-state index is 0.0304. The van der Waals surface area contributed by atoms with E-state index in [1.54, 1.807) is 32.6 Å². The Bertz CT molecular complexity index is 1340. The zero-order valence-electron chi connectivity index (χ0n) is 22.9. The van der Waals surface area contributed by atoms with Gasteiger partial charge in [0.15, 0.2) is 0 Å². The van der Waals surface area contributed by atoms with E-state index in [1.807, 2.05) is 42.6 Å². The van der Waals surface area contributed by atoms with Gasteiger partial charge in [0.25, 0.3) is 5.91 Å². The molecule has 0 unspecified atom stereocenters. The fourth-order valence-electron chi connectivity index (χ4n) is 4.45. The van der Waals surface area contributed by atoms with Gasteiger partial charge in [-0.2, -0.15) is 0 Å². The van der Waals surface area contributed by atoms with E-state index in [0.717, 1.165) is 23.0 Å². The lowest BCUT2D eigenvalue weighted by atomic mass is 10.1. The number of ether oxygens (including phenoxy) is 2. The molecule has 9 heteroatoms. The summed E-state index contributed by atoms with van der Waals surface area (Å²) in [4.78, 5) is 42.4. The van der Waals surface area contributed by atoms with Gasteiger partial charge in [-0.1, -0.05) is 24.3 Å². The summed E-state index contributed by atoms with van der Waals surface area (Å²) in [5, 5.41) is 3.87. The number of hydrogen-bond acceptors (Lipinski definition) is 5. The Hall–Kier alpha value is -4.01. The molecule has 2 atom stereocenters. The Labute approximate surface area is 223 Å². The summed E-state index contributed by atoms with van der Waals surface area (Å²) in [6, 6.07) is 13.7. The van der Waals surface area contributed by atoms with Gasteiger partial charge >= 0.3 is 6.09 Å². The van der Waals surface area contributed by atoms with Crippen LogP contribution in [0.1, 0.15) is 40.2 Å². The van der Waals surface area contributed by atoms with Crippen LogP contribution in [-0.2, 0) is 27.4 Å². The molecule has 0 bridgehead atoms. The van der Waals surface area contributed by atoms with E-state index in [4.69, 9.17) is 9.47 Å². The first-order valence-corrected chi connectivity index (χ1v) is 12.9. The number of aromatic nitrogens is 1. The number of carbonyl (C=O) groups excluding carboxylic acids is 3. The number of nitrogens with one attached hydrogen (secondary N) is 1. The lowest BCUT2D eigenvalue weighted by Crippen LogP contribution is -2.55. The van der Waals surface area contributed by atoms with Crippen molar-refractivity contribution >= 4 is 34.5 Å². The zero-order chi connectivity index (χ0) is 27.6. The number of anilines is 1. The van der Waals surface area contributed by atoms with Crippen molar-refractivity contribution in [1.82, 2.24) is 14.8 Å². The molecule has 0 radical (unpaired) electrons. The van der Waals surface area contributed by atoms with E-state index in [2.05, 4.69) is 28.9 Å². The molecule has 1 aliphatic rings. The number of rotatable bonds is 6. The summed E-state index contributed by atoms with van der Waals surface area (Å²) in [6.45, 7) is 10.1. The molecule has 0 saturated heterocycles. The van der Waals surface area contributed by atoms with Crippen molar-refractivity contribution in [2.75, 3.05) is 18.6 Å². The number of benzene rings is 2. The Balaban J connectivity index is 1.58. The van der Waals surface area contributed by atoms with Gasteiger partial charge in [-0.25, -0.2) is 4.79 Å². The van der Waals surface area contributed by atoms with Gasteiger partial charge < -0.3 is 24.3 Å². The van der Waals surface area contributed by atoms with Crippen molar-refractivity contribution in [2.24, 2.45) is 0 Å². The molecule has 4 rings (SSSR count). The van der Waals surface area contributed by atoms with E-state index in [-0.39, 0.29) is 12.5 Å². The number of carbonyl (C=O) groups is 3. The molecule has 202 valence electrons. The number of para-hydroxylation sites is 2. The van der Waals surface area contributed by atoms with Crippen LogP contribution < -0.4 is 15.0 Å². The first-order valence-electron chi connectivity index (χ1n) is 12.9. The molecule has 3 amide bonds. The van der Waals surface area contributed by atoms with Gasteiger partial charge in [0.05, 0.1) is 12.2 Å². The van der Waals surface area contributed by atoms with Gasteiger partial charge in [-0.15, -0.1) is 0 Å². The number of fused-ring (bicyclic) bond motifs is 2. The summed E-state index contributed by atoms with van der Waals surface area (Å²) in [5.41, 5.74) is 2.03. The minimum atomic E-state index is -0.941. The van der Waals surface area contributed by atoms with E-state index in [1.165, 1.54) is 11.9 Å². The van der Waals surface area contributed by atoms with Crippen molar-refractivity contribution in [1.29, 1.82) is 0 Å². The van der Waals surface area contributed by atoms with Crippen molar-refractivity contribution < 1.29 is 23.9 Å². The molecule has 1 aliphatic heterocycles. The Morgan fingerprint density at radius 1 is 1.16 bits per heavy atom. The summed E-state index contributed by atoms with van der Waals surface area (Å²) in [5.74, 6) is -0.203. The normalized spacial score (nSPS) is 16.3. The fourth-order valence-corrected chi connectivity index (χ4v) is 4.45. The lowest BCUT2D eigenvalue weighted by Gasteiger charge is -2.29. The second kappa shape index (κ2) is 10.8. The molecule has 0 spiro atoms. The van der Waals surface area contributed by atoms with E-state index >= 15 is 0 Å². The third-order valence-corrected chi connectivity index (χ3v) is 6.66. The lowest BCUT2D eigenvalue weighted by molar-refractivity contribution is -0.130. The van der Waals surface area contributed by atoms with E-state index < -0.39 is 29.7 Å². The van der Waals surface area contributed by atoms with Crippen molar-refractivity contribution in [2.45, 2.75) is 65.4 Å². The summed E-state index contributed by atoms with van der Waals surface area (Å²) >= 11 is 0. The van der Waals surface area contributed by atoms with Crippen LogP contribution in [0, 0.1) is 0 Å². The molecule has 9 nitrogen and oxygen atoms in total. The van der Waals surface area contributed by atoms with Gasteiger partial charge in [0, 0.05) is 30.7 Å². The second-order valence-electron chi connectivity index (χ2n) is 10.5. The molecule has 1 aromatic heterocycles. The Kier molecular flexibility index (Phi) is 7.66. The second-order valence-corrected chi connectivity index (χ2v) is 10.5. The van der Waals surface area contributed by atoms with Crippen LogP contribution in [0.2, 0.25) is 0 Å². The monoisotopic (exact) mass is 520 g/mol. The predicted molar refractivity (Wildman–Crippen MR) is 146 cm³/mol. The minimum Gasteiger partial charge on any atom is -0.489 e. The Morgan fingerprint density at radius 3 is 2.61 bits per heavy atom. The molecular formula is C29H36N4O5. The van der Waals surface area contributed by atoms with Gasteiger partial charge in [-0.05, 0) is 64.4 Å². The highest BCUT2D eigenvalue weighted by Crippen LogP contribution is 2.33. The molecule has 0 fully saturated rings. The SMILES string of the molecule is CCn1ccc2c(CN3C(=O)[C@@H](NC(=O)[C@H](C)N(C)C(=O)OC(C)(C)C)COc4ccccc43)cccc21. The number of hydrogen-bond donors (Lipinski definition) is 1. The molecule has 0 saturated carbocycles. The van der Waals surface area contributed by atoms with Gasteiger partial charge in [0.2, 0.25) is 5.91 Å². The highest BCUT2D eigenvalue weighted by Gasteiger charge is 2.35. The maximum absolute atomic E-state index is 13.9. The number of nitrogens with zero attached hydrogens (tertiary/aromatic N) is 3. The highest BCUT2D eigenvalue weighted by atomic mass is 16.6. The maximum Gasteiger partial charge on any atom is 0.410 e. The van der Waals surface area contributed by atoms with Crippen LogP contribution in [0.25, 0.3) is 10.9 Å². The quantitative estimate of drug-likeness (QED) is 0.522. The zero-order valence-corrected chi connectivity index (χ0v) is 22.9. The van der Waals surface area contributed by atoms with Crippen LogP contribution in [0.15, 0.2) is 54.7 Å². The first kappa shape index (κ1) is 27.0. The Morgan fingerprint density at radius 2 is 1.89 bits per heavy atom. The van der Waals surface area contributed by atoms with Crippen LogP contribution in [0.3, 0.4) is 0 Å². The average molecular weight is 521 g/mol. The van der Waals surface area contributed by atoms with Crippen molar-refractivity contribution in [3.63, 3.8) is 0 Å². The van der Waals surface area contributed by atoms with E-state index in [0.29, 0.717) is 18.0 Å². The topological polar surface area (TPSA) is 93.1 Å². The van der Waals surface area contributed by atoms with Crippen molar-refractivity contribution in [3.05, 3.63) is 60.3 Å². The summed E-state index contributed by atoms with van der Waals surface area (Å²) < 4.78 is 13.5. The molecule has 0 aliphatic carbocycles. The molecule has 2 aromatic carbocycles. The van der Waals surface area contributed by atoms with Crippen LogP contribution >= 0.6 is 0 Å². The fraction of sp³-hybridized carbons (Fsp3) is 0.414. The number of likely N-dealkylation sites (N-methyl/N-ethyl adjacent to an activating group) is 1. The third kappa shape index (κ3) is 5.61. The molecule has 2 heterocycles. The largest absolute Gasteiger partial charge is 0.489 e. The standard InChI is InChI=1S/C29H36N4O5/c1-7-32-16-15-21-20(11-10-13-23(21)32)17-33-24-12-8-9-14-25(24)37-18-22(27(33)35)30-26(34)19(2)31(6)28(36)38-29(3,4)5/h8-16,19,22H,7,17-18H2,1-6H3,(H,30,34)/t19-,22-/m0/s1. The van der Waals surface area contributed by atoms with E-state index in [9.17, 15) is 14.4 Å². The highest BCUT2D eigenvalue weighted by molar-refractivity contribution is 6.02. The molecule has 1 N–H and O–H groups in total. The molecular weight excluding hydrogens is 484 g/mol. The van der Waals surface area contributed by atoms with Gasteiger partial charge in [-0.3, -0.25) is 14.5 Å². The number of amides is 3. The smallest absolute Gasteiger partial charge is 0.410 e. The summed E-state index contributed by atoms with van der Waals surface area (Å²) in [7, 11) is 1.50. The number of aryl methyl sites for hydroxylation is 1. The van der Waals surface area contributed by atoms with Crippen LogP contribution in [-0.4, -0.2) is 58.7 Å². The summed E-state index contributed by atoms with van der Waals surface area (Å²) in [6.07, 6.45) is 1.42. The first-order chi connectivity index (χ1) is 18.0. The molecule has 3 aromatic rings. The molecule has 38 heavy (non-hydrogen) atoms. The third-order valence-electron chi connectivity index (χ3n) is 6.66. The maximum atomic E-state index is 13.9. The van der Waals surface area contributed by atoms with Gasteiger partial charge in [0.1, 0.15) is 30.0 Å². The average Bonchev–Trinajstić information content (AvgIpc) is 3.26. The predicted octanol–water partition coefficient (Wildman–Crippen LogP) is 4.33. The van der Waals surface area contributed by atoms with Crippen molar-refractivity contribution in [3.8, 4) is 5.75 Å². The van der Waals surface area contributed by atoms with Crippen LogP contribution in [0.4, 0.5) is 10.5 Å².